The van der Waals surface area contributed by atoms with E-state index in [1.165, 1.54) is 5.56 Å². The molecular formula is C16H27N3. The van der Waals surface area contributed by atoms with Crippen molar-refractivity contribution < 1.29 is 0 Å². The van der Waals surface area contributed by atoms with Crippen molar-refractivity contribution in [1.29, 1.82) is 0 Å². The monoisotopic (exact) mass is 261 g/mol. The van der Waals surface area contributed by atoms with E-state index in [1.54, 1.807) is 0 Å². The molecule has 0 spiro atoms. The van der Waals surface area contributed by atoms with E-state index in [1.807, 2.05) is 0 Å². The Morgan fingerprint density at radius 3 is 2.11 bits per heavy atom. The van der Waals surface area contributed by atoms with Crippen molar-refractivity contribution in [1.82, 2.24) is 9.80 Å². The number of hydrogen-bond donors (Lipinski definition) is 1. The van der Waals surface area contributed by atoms with Crippen molar-refractivity contribution in [2.24, 2.45) is 11.7 Å². The zero-order valence-electron chi connectivity index (χ0n) is 12.4. The minimum atomic E-state index is 0.101. The van der Waals surface area contributed by atoms with Crippen LogP contribution in [-0.2, 0) is 0 Å². The van der Waals surface area contributed by atoms with E-state index in [0.29, 0.717) is 12.0 Å². The van der Waals surface area contributed by atoms with E-state index in [4.69, 9.17) is 5.73 Å². The smallest absolute Gasteiger partial charge is 0.0455 e. The third-order valence-electron chi connectivity index (χ3n) is 4.19. The van der Waals surface area contributed by atoms with Crippen molar-refractivity contribution in [2.75, 3.05) is 33.2 Å². The fourth-order valence-electron chi connectivity index (χ4n) is 3.06. The lowest BCUT2D eigenvalue weighted by Gasteiger charge is -2.42. The van der Waals surface area contributed by atoms with Crippen LogP contribution in [0.4, 0.5) is 0 Å². The summed E-state index contributed by atoms with van der Waals surface area (Å²) in [6, 6.07) is 11.0. The molecule has 3 nitrogen and oxygen atoms in total. The Balaban J connectivity index is 2.11. The quantitative estimate of drug-likeness (QED) is 0.899. The molecule has 1 aromatic rings. The van der Waals surface area contributed by atoms with Crippen molar-refractivity contribution in [3.05, 3.63) is 35.9 Å². The fraction of sp³-hybridized carbons (Fsp3) is 0.625. The van der Waals surface area contributed by atoms with E-state index in [-0.39, 0.29) is 6.04 Å². The maximum atomic E-state index is 6.55. The molecule has 1 aliphatic heterocycles. The standard InChI is InChI=1S/C16H27N3/c1-13(2)16(19-11-9-18(3)10-12-19)15(17)14-7-5-4-6-8-14/h4-8,13,15-16H,9-12,17H2,1-3H3. The lowest BCUT2D eigenvalue weighted by Crippen LogP contribution is -2.54. The van der Waals surface area contributed by atoms with Crippen LogP contribution < -0.4 is 5.73 Å². The van der Waals surface area contributed by atoms with Gasteiger partial charge in [-0.15, -0.1) is 0 Å². The molecule has 1 heterocycles. The Morgan fingerprint density at radius 1 is 1.00 bits per heavy atom. The van der Waals surface area contributed by atoms with E-state index in [0.717, 1.165) is 26.2 Å². The molecule has 1 aromatic carbocycles. The zero-order valence-corrected chi connectivity index (χ0v) is 12.4. The van der Waals surface area contributed by atoms with E-state index in [9.17, 15) is 0 Å². The molecule has 2 N–H and O–H groups in total. The predicted octanol–water partition coefficient (Wildman–Crippen LogP) is 1.96. The molecule has 1 aliphatic rings. The maximum absolute atomic E-state index is 6.55. The fourth-order valence-corrected chi connectivity index (χ4v) is 3.06. The van der Waals surface area contributed by atoms with Crippen LogP contribution >= 0.6 is 0 Å². The summed E-state index contributed by atoms with van der Waals surface area (Å²) in [5, 5.41) is 0. The molecule has 0 amide bonds. The van der Waals surface area contributed by atoms with Gasteiger partial charge in [-0.25, -0.2) is 0 Å². The van der Waals surface area contributed by atoms with Crippen molar-refractivity contribution in [3.8, 4) is 0 Å². The van der Waals surface area contributed by atoms with Gasteiger partial charge in [-0.1, -0.05) is 44.2 Å². The molecule has 0 aliphatic carbocycles. The summed E-state index contributed by atoms with van der Waals surface area (Å²) in [5.41, 5.74) is 7.80. The van der Waals surface area contributed by atoms with Gasteiger partial charge in [0.1, 0.15) is 0 Å². The van der Waals surface area contributed by atoms with Crippen LogP contribution in [0.3, 0.4) is 0 Å². The highest BCUT2D eigenvalue weighted by Gasteiger charge is 2.30. The summed E-state index contributed by atoms with van der Waals surface area (Å²) in [7, 11) is 2.19. The summed E-state index contributed by atoms with van der Waals surface area (Å²) in [6.07, 6.45) is 0. The summed E-state index contributed by atoms with van der Waals surface area (Å²) >= 11 is 0. The molecule has 1 fully saturated rings. The first-order valence-electron chi connectivity index (χ1n) is 7.32. The third kappa shape index (κ3) is 3.56. The van der Waals surface area contributed by atoms with Crippen LogP contribution in [0.1, 0.15) is 25.5 Å². The lowest BCUT2D eigenvalue weighted by atomic mass is 9.90. The Labute approximate surface area is 117 Å². The molecule has 1 saturated heterocycles. The van der Waals surface area contributed by atoms with Gasteiger partial charge in [0.25, 0.3) is 0 Å². The molecule has 2 rings (SSSR count). The van der Waals surface area contributed by atoms with Gasteiger partial charge in [-0.2, -0.15) is 0 Å². The van der Waals surface area contributed by atoms with Crippen LogP contribution in [0, 0.1) is 5.92 Å². The summed E-state index contributed by atoms with van der Waals surface area (Å²) < 4.78 is 0. The SMILES string of the molecule is CC(C)C(C(N)c1ccccc1)N1CCN(C)CC1. The Bertz CT molecular complexity index is 369. The predicted molar refractivity (Wildman–Crippen MR) is 81.1 cm³/mol. The largest absolute Gasteiger partial charge is 0.323 e. The number of likely N-dealkylation sites (N-methyl/N-ethyl adjacent to an activating group) is 1. The summed E-state index contributed by atoms with van der Waals surface area (Å²) in [4.78, 5) is 4.96. The average molecular weight is 261 g/mol. The number of hydrogen-bond acceptors (Lipinski definition) is 3. The van der Waals surface area contributed by atoms with Crippen molar-refractivity contribution >= 4 is 0 Å². The molecule has 0 radical (unpaired) electrons. The van der Waals surface area contributed by atoms with Crippen molar-refractivity contribution in [3.63, 3.8) is 0 Å². The number of nitrogens with two attached hydrogens (primary N) is 1. The molecule has 19 heavy (non-hydrogen) atoms. The van der Waals surface area contributed by atoms with Crippen LogP contribution in [-0.4, -0.2) is 49.1 Å². The Morgan fingerprint density at radius 2 is 1.58 bits per heavy atom. The first kappa shape index (κ1) is 14.5. The molecule has 3 heteroatoms. The summed E-state index contributed by atoms with van der Waals surface area (Å²) in [6.45, 7) is 9.10. The molecular weight excluding hydrogens is 234 g/mol. The molecule has 0 aromatic heterocycles. The lowest BCUT2D eigenvalue weighted by molar-refractivity contribution is 0.0738. The minimum absolute atomic E-state index is 0.101. The van der Waals surface area contributed by atoms with Gasteiger partial charge in [0.15, 0.2) is 0 Å². The van der Waals surface area contributed by atoms with Gasteiger partial charge in [-0.3, -0.25) is 4.90 Å². The molecule has 106 valence electrons. The number of nitrogens with zero attached hydrogens (tertiary/aromatic N) is 2. The Hall–Kier alpha value is -0.900. The van der Waals surface area contributed by atoms with Crippen LogP contribution in [0.15, 0.2) is 30.3 Å². The van der Waals surface area contributed by atoms with Crippen LogP contribution in [0.2, 0.25) is 0 Å². The van der Waals surface area contributed by atoms with Gasteiger partial charge in [0, 0.05) is 38.3 Å². The van der Waals surface area contributed by atoms with Crippen LogP contribution in [0.5, 0.6) is 0 Å². The van der Waals surface area contributed by atoms with Crippen LogP contribution in [0.25, 0.3) is 0 Å². The number of piperazine rings is 1. The number of benzene rings is 1. The van der Waals surface area contributed by atoms with Gasteiger partial charge in [-0.05, 0) is 18.5 Å². The number of rotatable bonds is 4. The van der Waals surface area contributed by atoms with E-state index >= 15 is 0 Å². The highest BCUT2D eigenvalue weighted by molar-refractivity contribution is 5.20. The average Bonchev–Trinajstić information content (AvgIpc) is 2.42. The molecule has 2 unspecified atom stereocenters. The minimum Gasteiger partial charge on any atom is -0.323 e. The second-order valence-electron chi connectivity index (χ2n) is 6.01. The normalized spacial score (nSPS) is 21.5. The van der Waals surface area contributed by atoms with E-state index in [2.05, 4.69) is 61.0 Å². The molecule has 0 saturated carbocycles. The highest BCUT2D eigenvalue weighted by atomic mass is 15.3. The molecule has 2 atom stereocenters. The van der Waals surface area contributed by atoms with E-state index < -0.39 is 0 Å². The highest BCUT2D eigenvalue weighted by Crippen LogP contribution is 2.25. The van der Waals surface area contributed by atoms with Crippen molar-refractivity contribution in [2.45, 2.75) is 25.9 Å². The van der Waals surface area contributed by atoms with Gasteiger partial charge >= 0.3 is 0 Å². The maximum Gasteiger partial charge on any atom is 0.0455 e. The van der Waals surface area contributed by atoms with Gasteiger partial charge < -0.3 is 10.6 Å². The summed E-state index contributed by atoms with van der Waals surface area (Å²) in [5.74, 6) is 0.568. The topological polar surface area (TPSA) is 32.5 Å². The second kappa shape index (κ2) is 6.51. The Kier molecular flexibility index (Phi) is 4.97. The molecule has 0 bridgehead atoms. The first-order valence-corrected chi connectivity index (χ1v) is 7.32. The van der Waals surface area contributed by atoms with Gasteiger partial charge in [0.05, 0.1) is 0 Å². The first-order chi connectivity index (χ1) is 9.09. The third-order valence-corrected chi connectivity index (χ3v) is 4.19. The van der Waals surface area contributed by atoms with Gasteiger partial charge in [0.2, 0.25) is 0 Å². The zero-order chi connectivity index (χ0) is 13.8. The second-order valence-corrected chi connectivity index (χ2v) is 6.01.